The van der Waals surface area contributed by atoms with E-state index in [0.29, 0.717) is 6.54 Å². The first-order chi connectivity index (χ1) is 12.6. The van der Waals surface area contributed by atoms with Crippen molar-refractivity contribution in [3.63, 3.8) is 0 Å². The molecule has 1 fully saturated rings. The fraction of sp³-hybridized carbons (Fsp3) is 0.300. The molecule has 2 aromatic carbocycles. The van der Waals surface area contributed by atoms with Crippen LogP contribution in [0.3, 0.4) is 0 Å². The summed E-state index contributed by atoms with van der Waals surface area (Å²) in [5.41, 5.74) is 1.89. The average molecular weight is 355 g/mol. The molecule has 6 heteroatoms. The second-order valence-corrected chi connectivity index (χ2v) is 5.90. The van der Waals surface area contributed by atoms with Crippen LogP contribution in [0.4, 0.5) is 0 Å². The minimum atomic E-state index is 0.0396. The lowest BCUT2D eigenvalue weighted by Crippen LogP contribution is -2.30. The Kier molecular flexibility index (Phi) is 6.94. The van der Waals surface area contributed by atoms with Crippen molar-refractivity contribution >= 4 is 12.1 Å². The van der Waals surface area contributed by atoms with Gasteiger partial charge < -0.3 is 14.4 Å². The van der Waals surface area contributed by atoms with Crippen molar-refractivity contribution in [1.82, 2.24) is 4.90 Å². The number of hydrogen-bond donors (Lipinski definition) is 0. The quantitative estimate of drug-likeness (QED) is 0.843. The minimum absolute atomic E-state index is 0.0396. The first-order valence-electron chi connectivity index (χ1n) is 8.23. The summed E-state index contributed by atoms with van der Waals surface area (Å²) in [6.07, 6.45) is 1.14. The standard InChI is InChI=1S/C19H21NO3.CO2/c1-14-3-5-15(6-4-14)19(21)20-12-11-18(13-20)23-17-9-7-16(22-2)8-10-17;2-1-3/h3-10,18H,11-13H2,1-2H3;/t18-;/m1./s1. The van der Waals surface area contributed by atoms with Crippen LogP contribution in [0.1, 0.15) is 22.3 Å². The van der Waals surface area contributed by atoms with Gasteiger partial charge in [0.25, 0.3) is 5.91 Å². The highest BCUT2D eigenvalue weighted by molar-refractivity contribution is 5.94. The predicted molar refractivity (Wildman–Crippen MR) is 94.1 cm³/mol. The second kappa shape index (κ2) is 9.39. The molecule has 26 heavy (non-hydrogen) atoms. The third-order valence-electron chi connectivity index (χ3n) is 4.09. The van der Waals surface area contributed by atoms with E-state index < -0.39 is 0 Å². The Balaban J connectivity index is 0.000000758. The molecule has 1 aliphatic heterocycles. The Morgan fingerprint density at radius 1 is 1.04 bits per heavy atom. The summed E-state index contributed by atoms with van der Waals surface area (Å²) in [5.74, 6) is 1.69. The van der Waals surface area contributed by atoms with Gasteiger partial charge in [0, 0.05) is 18.5 Å². The molecule has 136 valence electrons. The number of ether oxygens (including phenoxy) is 2. The van der Waals surface area contributed by atoms with E-state index in [9.17, 15) is 4.79 Å². The third kappa shape index (κ3) is 5.19. The van der Waals surface area contributed by atoms with Gasteiger partial charge in [0.15, 0.2) is 0 Å². The number of likely N-dealkylation sites (tertiary alicyclic amines) is 1. The Morgan fingerprint density at radius 3 is 2.19 bits per heavy atom. The highest BCUT2D eigenvalue weighted by atomic mass is 16.5. The third-order valence-corrected chi connectivity index (χ3v) is 4.09. The van der Waals surface area contributed by atoms with E-state index in [1.807, 2.05) is 60.4 Å². The summed E-state index contributed by atoms with van der Waals surface area (Å²) in [6, 6.07) is 15.2. The summed E-state index contributed by atoms with van der Waals surface area (Å²) < 4.78 is 11.1. The fourth-order valence-corrected chi connectivity index (χ4v) is 2.73. The highest BCUT2D eigenvalue weighted by Crippen LogP contribution is 2.22. The van der Waals surface area contributed by atoms with Crippen LogP contribution in [0.2, 0.25) is 0 Å². The van der Waals surface area contributed by atoms with Crippen molar-refractivity contribution in [3.05, 3.63) is 59.7 Å². The molecule has 0 unspecified atom stereocenters. The SMILES string of the molecule is COc1ccc(O[C@@H]2CCN(C(=O)c3ccc(C)cc3)C2)cc1.O=C=O. The molecule has 3 rings (SSSR count). The molecular weight excluding hydrogens is 334 g/mol. The van der Waals surface area contributed by atoms with Gasteiger partial charge in [0.2, 0.25) is 0 Å². The maximum absolute atomic E-state index is 12.5. The Hall–Kier alpha value is -3.11. The average Bonchev–Trinajstić information content (AvgIpc) is 3.11. The number of benzene rings is 2. The lowest BCUT2D eigenvalue weighted by molar-refractivity contribution is -0.191. The van der Waals surface area contributed by atoms with Crippen molar-refractivity contribution in [3.8, 4) is 11.5 Å². The number of hydrogen-bond acceptors (Lipinski definition) is 5. The first-order valence-corrected chi connectivity index (χ1v) is 8.23. The number of rotatable bonds is 4. The van der Waals surface area contributed by atoms with Crippen LogP contribution in [0.25, 0.3) is 0 Å². The topological polar surface area (TPSA) is 72.9 Å². The van der Waals surface area contributed by atoms with Crippen LogP contribution >= 0.6 is 0 Å². The molecule has 2 aromatic rings. The predicted octanol–water partition coefficient (Wildman–Crippen LogP) is 2.71. The summed E-state index contributed by atoms with van der Waals surface area (Å²) in [5, 5.41) is 0. The number of carbonyl (C=O) groups excluding carboxylic acids is 3. The van der Waals surface area contributed by atoms with Crippen molar-refractivity contribution < 1.29 is 23.9 Å². The van der Waals surface area contributed by atoms with Crippen LogP contribution in [0, 0.1) is 6.92 Å². The molecule has 0 N–H and O–H groups in total. The summed E-state index contributed by atoms with van der Waals surface area (Å²) in [4.78, 5) is 30.6. The Morgan fingerprint density at radius 2 is 1.62 bits per heavy atom. The molecule has 1 atom stereocenters. The van der Waals surface area contributed by atoms with Crippen molar-refractivity contribution in [2.24, 2.45) is 0 Å². The fourth-order valence-electron chi connectivity index (χ4n) is 2.73. The van der Waals surface area contributed by atoms with E-state index in [0.717, 1.165) is 35.6 Å². The van der Waals surface area contributed by atoms with E-state index >= 15 is 0 Å². The minimum Gasteiger partial charge on any atom is -0.497 e. The van der Waals surface area contributed by atoms with Crippen LogP contribution in [-0.4, -0.2) is 43.3 Å². The van der Waals surface area contributed by atoms with Gasteiger partial charge in [-0.1, -0.05) is 17.7 Å². The van der Waals surface area contributed by atoms with Crippen molar-refractivity contribution in [2.45, 2.75) is 19.4 Å². The van der Waals surface area contributed by atoms with Gasteiger partial charge in [-0.3, -0.25) is 4.79 Å². The van der Waals surface area contributed by atoms with E-state index in [1.165, 1.54) is 0 Å². The molecule has 0 radical (unpaired) electrons. The summed E-state index contributed by atoms with van der Waals surface area (Å²) in [6.45, 7) is 3.37. The van der Waals surface area contributed by atoms with Gasteiger partial charge in [0.05, 0.1) is 13.7 Å². The van der Waals surface area contributed by atoms with E-state index in [1.54, 1.807) is 7.11 Å². The number of amides is 1. The van der Waals surface area contributed by atoms with Gasteiger partial charge >= 0.3 is 6.15 Å². The summed E-state index contributed by atoms with van der Waals surface area (Å²) >= 11 is 0. The van der Waals surface area contributed by atoms with Crippen LogP contribution in [-0.2, 0) is 9.59 Å². The maximum atomic E-state index is 12.5. The number of methoxy groups -OCH3 is 1. The Labute approximate surface area is 152 Å². The lowest BCUT2D eigenvalue weighted by Gasteiger charge is -2.17. The number of nitrogens with zero attached hydrogens (tertiary/aromatic N) is 1. The van der Waals surface area contributed by atoms with Gasteiger partial charge in [-0.15, -0.1) is 0 Å². The van der Waals surface area contributed by atoms with Gasteiger partial charge in [-0.25, -0.2) is 0 Å². The molecule has 1 amide bonds. The van der Waals surface area contributed by atoms with Gasteiger partial charge in [-0.05, 0) is 43.3 Å². The number of aryl methyl sites for hydroxylation is 1. The molecular formula is C20H21NO5. The normalized spacial score (nSPS) is 15.5. The highest BCUT2D eigenvalue weighted by Gasteiger charge is 2.28. The van der Waals surface area contributed by atoms with Crippen LogP contribution in [0.5, 0.6) is 11.5 Å². The van der Waals surface area contributed by atoms with E-state index in [2.05, 4.69) is 0 Å². The molecule has 1 saturated heterocycles. The van der Waals surface area contributed by atoms with Gasteiger partial charge in [0.1, 0.15) is 17.6 Å². The number of carbonyl (C=O) groups is 1. The molecule has 1 heterocycles. The van der Waals surface area contributed by atoms with Crippen molar-refractivity contribution in [1.29, 1.82) is 0 Å². The Bertz CT molecular complexity index is 749. The van der Waals surface area contributed by atoms with Crippen molar-refractivity contribution in [2.75, 3.05) is 20.2 Å². The second-order valence-electron chi connectivity index (χ2n) is 5.90. The zero-order valence-corrected chi connectivity index (χ0v) is 14.8. The van der Waals surface area contributed by atoms with Crippen LogP contribution < -0.4 is 9.47 Å². The molecule has 0 aliphatic carbocycles. The van der Waals surface area contributed by atoms with Gasteiger partial charge in [-0.2, -0.15) is 9.59 Å². The maximum Gasteiger partial charge on any atom is 0.373 e. The zero-order chi connectivity index (χ0) is 18.9. The zero-order valence-electron chi connectivity index (χ0n) is 14.8. The van der Waals surface area contributed by atoms with E-state index in [4.69, 9.17) is 19.1 Å². The molecule has 0 bridgehead atoms. The molecule has 0 aromatic heterocycles. The van der Waals surface area contributed by atoms with Crippen LogP contribution in [0.15, 0.2) is 48.5 Å². The largest absolute Gasteiger partial charge is 0.497 e. The molecule has 0 saturated carbocycles. The van der Waals surface area contributed by atoms with E-state index in [-0.39, 0.29) is 18.2 Å². The molecule has 6 nitrogen and oxygen atoms in total. The smallest absolute Gasteiger partial charge is 0.373 e. The molecule has 0 spiro atoms. The summed E-state index contributed by atoms with van der Waals surface area (Å²) in [7, 11) is 1.64. The monoisotopic (exact) mass is 355 g/mol. The first kappa shape index (κ1) is 19.2. The molecule has 1 aliphatic rings. The lowest BCUT2D eigenvalue weighted by atomic mass is 10.1.